The van der Waals surface area contributed by atoms with Crippen LogP contribution in [0.4, 0.5) is 0 Å². The van der Waals surface area contributed by atoms with Crippen LogP contribution < -0.4 is 4.74 Å². The monoisotopic (exact) mass is 286 g/mol. The lowest BCUT2D eigenvalue weighted by molar-refractivity contribution is 0.0480. The fourth-order valence-electron chi connectivity index (χ4n) is 3.35. The Hall–Kier alpha value is -1.58. The Morgan fingerprint density at radius 3 is 2.71 bits per heavy atom. The second-order valence-corrected chi connectivity index (χ2v) is 5.71. The van der Waals surface area contributed by atoms with Gasteiger partial charge in [0, 0.05) is 18.6 Å². The van der Waals surface area contributed by atoms with E-state index in [2.05, 4.69) is 18.2 Å². The molecule has 0 aliphatic heterocycles. The van der Waals surface area contributed by atoms with E-state index in [0.29, 0.717) is 0 Å². The van der Waals surface area contributed by atoms with Gasteiger partial charge >= 0.3 is 0 Å². The predicted molar refractivity (Wildman–Crippen MR) is 83.7 cm³/mol. The topological polar surface area (TPSA) is 38.7 Å². The molecule has 2 atom stereocenters. The SMILES string of the molecule is COCOc1ccc2ccccc2c1[C@H]1CCCC[C@H]1O. The summed E-state index contributed by atoms with van der Waals surface area (Å²) in [7, 11) is 1.62. The first-order chi connectivity index (χ1) is 10.3. The van der Waals surface area contributed by atoms with E-state index >= 15 is 0 Å². The number of aliphatic hydroxyl groups is 1. The number of methoxy groups -OCH3 is 1. The van der Waals surface area contributed by atoms with E-state index in [-0.39, 0.29) is 18.8 Å². The molecule has 1 N–H and O–H groups in total. The van der Waals surface area contributed by atoms with Gasteiger partial charge in [0.1, 0.15) is 5.75 Å². The molecule has 0 heterocycles. The summed E-state index contributed by atoms with van der Waals surface area (Å²) in [6.45, 7) is 0.230. The fraction of sp³-hybridized carbons (Fsp3) is 0.444. The van der Waals surface area contributed by atoms with Crippen LogP contribution in [0.15, 0.2) is 36.4 Å². The quantitative estimate of drug-likeness (QED) is 0.868. The summed E-state index contributed by atoms with van der Waals surface area (Å²) >= 11 is 0. The summed E-state index contributed by atoms with van der Waals surface area (Å²) in [6, 6.07) is 12.4. The van der Waals surface area contributed by atoms with Gasteiger partial charge in [0.05, 0.1) is 6.10 Å². The van der Waals surface area contributed by atoms with E-state index in [0.717, 1.165) is 37.0 Å². The van der Waals surface area contributed by atoms with Gasteiger partial charge in [-0.2, -0.15) is 0 Å². The van der Waals surface area contributed by atoms with Gasteiger partial charge in [-0.1, -0.05) is 43.2 Å². The summed E-state index contributed by atoms with van der Waals surface area (Å²) in [5, 5.41) is 12.8. The van der Waals surface area contributed by atoms with Crippen molar-refractivity contribution in [2.75, 3.05) is 13.9 Å². The summed E-state index contributed by atoms with van der Waals surface area (Å²) in [5.74, 6) is 0.984. The second-order valence-electron chi connectivity index (χ2n) is 5.71. The maximum Gasteiger partial charge on any atom is 0.188 e. The Morgan fingerprint density at radius 1 is 1.10 bits per heavy atom. The van der Waals surface area contributed by atoms with Crippen LogP contribution >= 0.6 is 0 Å². The van der Waals surface area contributed by atoms with Gasteiger partial charge < -0.3 is 14.6 Å². The van der Waals surface area contributed by atoms with Crippen molar-refractivity contribution in [3.8, 4) is 5.75 Å². The Bertz CT molecular complexity index is 608. The zero-order valence-corrected chi connectivity index (χ0v) is 12.4. The molecule has 2 aromatic rings. The van der Waals surface area contributed by atoms with E-state index in [9.17, 15) is 5.11 Å². The molecule has 0 aromatic heterocycles. The lowest BCUT2D eigenvalue weighted by Gasteiger charge is -2.30. The molecule has 1 fully saturated rings. The third-order valence-electron chi connectivity index (χ3n) is 4.36. The maximum atomic E-state index is 10.4. The first kappa shape index (κ1) is 14.4. The molecule has 0 bridgehead atoms. The molecule has 2 aromatic carbocycles. The van der Waals surface area contributed by atoms with Crippen molar-refractivity contribution in [1.82, 2.24) is 0 Å². The van der Waals surface area contributed by atoms with Crippen LogP contribution in [0, 0.1) is 0 Å². The highest BCUT2D eigenvalue weighted by Crippen LogP contribution is 2.41. The lowest BCUT2D eigenvalue weighted by atomic mass is 9.79. The minimum absolute atomic E-state index is 0.150. The van der Waals surface area contributed by atoms with Gasteiger partial charge in [-0.3, -0.25) is 0 Å². The van der Waals surface area contributed by atoms with Crippen LogP contribution in [0.5, 0.6) is 5.75 Å². The van der Waals surface area contributed by atoms with E-state index < -0.39 is 0 Å². The zero-order chi connectivity index (χ0) is 14.7. The van der Waals surface area contributed by atoms with Crippen molar-refractivity contribution in [1.29, 1.82) is 0 Å². The van der Waals surface area contributed by atoms with Crippen molar-refractivity contribution in [3.05, 3.63) is 42.0 Å². The highest BCUT2D eigenvalue weighted by molar-refractivity contribution is 5.88. The first-order valence-corrected chi connectivity index (χ1v) is 7.62. The van der Waals surface area contributed by atoms with Crippen LogP contribution in [-0.2, 0) is 4.74 Å². The number of fused-ring (bicyclic) bond motifs is 1. The average molecular weight is 286 g/mol. The molecule has 0 amide bonds. The molecule has 0 saturated heterocycles. The smallest absolute Gasteiger partial charge is 0.188 e. The predicted octanol–water partition coefficient (Wildman–Crippen LogP) is 3.84. The summed E-state index contributed by atoms with van der Waals surface area (Å²) in [5.41, 5.74) is 1.14. The van der Waals surface area contributed by atoms with Crippen molar-refractivity contribution in [3.63, 3.8) is 0 Å². The van der Waals surface area contributed by atoms with Crippen LogP contribution in [0.2, 0.25) is 0 Å². The number of hydrogen-bond acceptors (Lipinski definition) is 3. The number of aliphatic hydroxyl groups excluding tert-OH is 1. The molecular weight excluding hydrogens is 264 g/mol. The molecule has 1 aliphatic carbocycles. The number of hydrogen-bond donors (Lipinski definition) is 1. The van der Waals surface area contributed by atoms with Gasteiger partial charge in [0.15, 0.2) is 6.79 Å². The van der Waals surface area contributed by atoms with E-state index in [1.807, 2.05) is 18.2 Å². The van der Waals surface area contributed by atoms with E-state index in [1.54, 1.807) is 7.11 Å². The molecule has 21 heavy (non-hydrogen) atoms. The van der Waals surface area contributed by atoms with Gasteiger partial charge in [-0.25, -0.2) is 0 Å². The third kappa shape index (κ3) is 2.89. The summed E-state index contributed by atoms with van der Waals surface area (Å²) in [6.07, 6.45) is 3.87. The Labute approximate surface area is 125 Å². The lowest BCUT2D eigenvalue weighted by Crippen LogP contribution is -2.23. The van der Waals surface area contributed by atoms with Crippen molar-refractivity contribution in [2.45, 2.75) is 37.7 Å². The Kier molecular flexibility index (Phi) is 4.42. The van der Waals surface area contributed by atoms with Crippen LogP contribution in [0.3, 0.4) is 0 Å². The highest BCUT2D eigenvalue weighted by Gasteiger charge is 2.28. The van der Waals surface area contributed by atoms with E-state index in [1.165, 1.54) is 10.8 Å². The third-order valence-corrected chi connectivity index (χ3v) is 4.36. The molecule has 0 spiro atoms. The maximum absolute atomic E-state index is 10.4. The van der Waals surface area contributed by atoms with Gasteiger partial charge in [-0.05, 0) is 29.7 Å². The van der Waals surface area contributed by atoms with Crippen LogP contribution in [-0.4, -0.2) is 25.1 Å². The molecule has 0 unspecified atom stereocenters. The first-order valence-electron chi connectivity index (χ1n) is 7.62. The van der Waals surface area contributed by atoms with Crippen LogP contribution in [0.25, 0.3) is 10.8 Å². The Balaban J connectivity index is 2.10. The molecule has 3 heteroatoms. The summed E-state index contributed by atoms with van der Waals surface area (Å²) in [4.78, 5) is 0. The normalized spacial score (nSPS) is 22.4. The van der Waals surface area contributed by atoms with Gasteiger partial charge in [0.25, 0.3) is 0 Å². The largest absolute Gasteiger partial charge is 0.467 e. The van der Waals surface area contributed by atoms with Gasteiger partial charge in [-0.15, -0.1) is 0 Å². The standard InChI is InChI=1S/C18H22O3/c1-20-12-21-17-11-10-13-6-2-3-7-14(13)18(17)15-8-4-5-9-16(15)19/h2-3,6-7,10-11,15-16,19H,4-5,8-9,12H2,1H3/t15-,16+/m0/s1. The second kappa shape index (κ2) is 6.46. The molecular formula is C18H22O3. The van der Waals surface area contributed by atoms with Gasteiger partial charge in [0.2, 0.25) is 0 Å². The zero-order valence-electron chi connectivity index (χ0n) is 12.4. The average Bonchev–Trinajstić information content (AvgIpc) is 2.53. The molecule has 0 radical (unpaired) electrons. The highest BCUT2D eigenvalue weighted by atomic mass is 16.7. The number of ether oxygens (including phenoxy) is 2. The van der Waals surface area contributed by atoms with Crippen molar-refractivity contribution in [2.24, 2.45) is 0 Å². The minimum Gasteiger partial charge on any atom is -0.467 e. The van der Waals surface area contributed by atoms with Crippen molar-refractivity contribution >= 4 is 10.8 Å². The van der Waals surface area contributed by atoms with Crippen LogP contribution in [0.1, 0.15) is 37.2 Å². The number of benzene rings is 2. The summed E-state index contributed by atoms with van der Waals surface area (Å²) < 4.78 is 10.8. The molecule has 3 rings (SSSR count). The van der Waals surface area contributed by atoms with Crippen molar-refractivity contribution < 1.29 is 14.6 Å². The molecule has 1 aliphatic rings. The van der Waals surface area contributed by atoms with E-state index in [4.69, 9.17) is 9.47 Å². The number of rotatable bonds is 4. The molecule has 3 nitrogen and oxygen atoms in total. The molecule has 1 saturated carbocycles. The Morgan fingerprint density at radius 2 is 1.90 bits per heavy atom. The molecule has 112 valence electrons. The fourth-order valence-corrected chi connectivity index (χ4v) is 3.35. The minimum atomic E-state index is -0.283.